The molecule has 6 heteroatoms. The Morgan fingerprint density at radius 2 is 1.74 bits per heavy atom. The molecule has 1 amide bonds. The van der Waals surface area contributed by atoms with Gasteiger partial charge in [0.25, 0.3) is 5.91 Å². The molecule has 5 nitrogen and oxygen atoms in total. The Morgan fingerprint density at radius 1 is 1.06 bits per heavy atom. The predicted molar refractivity (Wildman–Crippen MR) is 122 cm³/mol. The lowest BCUT2D eigenvalue weighted by molar-refractivity contribution is -0.119. The molecule has 0 radical (unpaired) electrons. The molecule has 164 valence electrons. The molecule has 0 unspecified atom stereocenters. The van der Waals surface area contributed by atoms with Crippen LogP contribution in [0.4, 0.5) is 0 Å². The minimum absolute atomic E-state index is 0.0785. The van der Waals surface area contributed by atoms with Gasteiger partial charge in [-0.2, -0.15) is 0 Å². The quantitative estimate of drug-likeness (QED) is 0.680. The maximum absolute atomic E-state index is 13.1. The number of halogens is 1. The summed E-state index contributed by atoms with van der Waals surface area (Å²) < 4.78 is 11.1. The third-order valence-corrected chi connectivity index (χ3v) is 7.20. The zero-order chi connectivity index (χ0) is 22.2. The van der Waals surface area contributed by atoms with Gasteiger partial charge in [-0.15, -0.1) is 0 Å². The van der Waals surface area contributed by atoms with Crippen molar-refractivity contribution in [3.8, 4) is 11.1 Å². The first-order chi connectivity index (χ1) is 14.9. The van der Waals surface area contributed by atoms with Crippen molar-refractivity contribution in [2.24, 2.45) is 0 Å². The lowest BCUT2D eigenvalue weighted by Crippen LogP contribution is -2.53. The van der Waals surface area contributed by atoms with E-state index in [2.05, 4.69) is 5.32 Å². The molecule has 1 spiro atoms. The number of ether oxygens (including phenoxy) is 2. The SMILES string of the molecule is COCC1(OC)CCC2(CC1)NC(=O)C(c1c(C)ccc(-c3ccccc3)c1Cl)=C2O. The zero-order valence-corrected chi connectivity index (χ0v) is 18.9. The van der Waals surface area contributed by atoms with Crippen LogP contribution in [0, 0.1) is 6.92 Å². The number of carbonyl (C=O) groups excluding carboxylic acids is 1. The van der Waals surface area contributed by atoms with Crippen molar-refractivity contribution in [2.75, 3.05) is 20.8 Å². The number of hydrogen-bond acceptors (Lipinski definition) is 4. The summed E-state index contributed by atoms with van der Waals surface area (Å²) in [5.41, 5.74) is 2.32. The van der Waals surface area contributed by atoms with Gasteiger partial charge in [-0.3, -0.25) is 4.79 Å². The van der Waals surface area contributed by atoms with E-state index in [0.29, 0.717) is 42.9 Å². The molecule has 1 aliphatic heterocycles. The van der Waals surface area contributed by atoms with Crippen LogP contribution in [0.25, 0.3) is 16.7 Å². The molecule has 0 aromatic heterocycles. The fourth-order valence-corrected chi connectivity index (χ4v) is 5.32. The number of benzene rings is 2. The number of aliphatic hydroxyl groups is 1. The van der Waals surface area contributed by atoms with Crippen LogP contribution in [0.5, 0.6) is 0 Å². The highest BCUT2D eigenvalue weighted by Crippen LogP contribution is 2.47. The van der Waals surface area contributed by atoms with Crippen molar-refractivity contribution in [1.29, 1.82) is 0 Å². The molecule has 1 saturated carbocycles. The van der Waals surface area contributed by atoms with Gasteiger partial charge in [-0.1, -0.05) is 54.1 Å². The predicted octanol–water partition coefficient (Wildman–Crippen LogP) is 5.06. The number of rotatable bonds is 5. The number of carbonyl (C=O) groups is 1. The first kappa shape index (κ1) is 21.9. The second-order valence-electron chi connectivity index (χ2n) is 8.57. The monoisotopic (exact) mass is 441 g/mol. The lowest BCUT2D eigenvalue weighted by atomic mass is 9.73. The first-order valence-electron chi connectivity index (χ1n) is 10.5. The number of aryl methyl sites for hydroxylation is 1. The summed E-state index contributed by atoms with van der Waals surface area (Å²) in [5, 5.41) is 14.9. The molecule has 1 fully saturated rings. The van der Waals surface area contributed by atoms with Gasteiger partial charge in [0, 0.05) is 25.3 Å². The number of nitrogens with one attached hydrogen (secondary N) is 1. The summed E-state index contributed by atoms with van der Waals surface area (Å²) in [5.74, 6) is -0.209. The van der Waals surface area contributed by atoms with Crippen LogP contribution in [-0.4, -0.2) is 43.0 Å². The highest BCUT2D eigenvalue weighted by atomic mass is 35.5. The third-order valence-electron chi connectivity index (χ3n) is 6.81. The molecular weight excluding hydrogens is 414 g/mol. The van der Waals surface area contributed by atoms with Gasteiger partial charge in [-0.25, -0.2) is 0 Å². The molecule has 2 aromatic carbocycles. The fraction of sp³-hybridized carbons (Fsp3) is 0.400. The second-order valence-corrected chi connectivity index (χ2v) is 8.94. The maximum Gasteiger partial charge on any atom is 0.256 e. The lowest BCUT2D eigenvalue weighted by Gasteiger charge is -2.43. The summed E-state index contributed by atoms with van der Waals surface area (Å²) in [6.07, 6.45) is 2.48. The third kappa shape index (κ3) is 3.65. The Hall–Kier alpha value is -2.34. The highest BCUT2D eigenvalue weighted by molar-refractivity contribution is 6.38. The molecule has 4 rings (SSSR count). The summed E-state index contributed by atoms with van der Waals surface area (Å²) >= 11 is 6.83. The Balaban J connectivity index is 1.75. The molecule has 0 bridgehead atoms. The van der Waals surface area contributed by atoms with Crippen molar-refractivity contribution in [3.05, 3.63) is 64.4 Å². The smallest absolute Gasteiger partial charge is 0.256 e. The normalized spacial score (nSPS) is 25.9. The van der Waals surface area contributed by atoms with E-state index in [1.54, 1.807) is 14.2 Å². The largest absolute Gasteiger partial charge is 0.509 e. The molecule has 0 saturated heterocycles. The van der Waals surface area contributed by atoms with E-state index in [9.17, 15) is 9.90 Å². The molecule has 2 N–H and O–H groups in total. The van der Waals surface area contributed by atoms with Gasteiger partial charge in [0.05, 0.1) is 28.3 Å². The Bertz CT molecular complexity index is 1020. The molecular formula is C25H28ClNO4. The van der Waals surface area contributed by atoms with Gasteiger partial charge in [0.1, 0.15) is 5.76 Å². The van der Waals surface area contributed by atoms with E-state index in [-0.39, 0.29) is 17.2 Å². The topological polar surface area (TPSA) is 67.8 Å². The number of methoxy groups -OCH3 is 2. The van der Waals surface area contributed by atoms with E-state index in [1.807, 2.05) is 49.4 Å². The molecule has 0 atom stereocenters. The minimum Gasteiger partial charge on any atom is -0.509 e. The van der Waals surface area contributed by atoms with E-state index in [0.717, 1.165) is 16.7 Å². The van der Waals surface area contributed by atoms with Crippen LogP contribution >= 0.6 is 11.6 Å². The summed E-state index contributed by atoms with van der Waals surface area (Å²) in [7, 11) is 3.34. The first-order valence-corrected chi connectivity index (χ1v) is 10.9. The van der Waals surface area contributed by atoms with E-state index >= 15 is 0 Å². The Morgan fingerprint density at radius 3 is 2.35 bits per heavy atom. The van der Waals surface area contributed by atoms with Crippen LogP contribution < -0.4 is 5.32 Å². The van der Waals surface area contributed by atoms with E-state index < -0.39 is 11.1 Å². The highest BCUT2D eigenvalue weighted by Gasteiger charge is 2.52. The van der Waals surface area contributed by atoms with Gasteiger partial charge >= 0.3 is 0 Å². The summed E-state index contributed by atoms with van der Waals surface area (Å²) in [4.78, 5) is 13.1. The standard InChI is InChI=1S/C25H28ClNO4/c1-16-9-10-18(17-7-5-4-6-8-17)21(26)19(16)20-22(28)25(27-23(20)29)13-11-24(31-3,12-14-25)15-30-2/h4-10,28H,11-15H2,1-3H3,(H,27,29). The van der Waals surface area contributed by atoms with Crippen molar-refractivity contribution >= 4 is 23.1 Å². The van der Waals surface area contributed by atoms with E-state index in [4.69, 9.17) is 21.1 Å². The molecule has 1 aliphatic carbocycles. The van der Waals surface area contributed by atoms with Crippen molar-refractivity contribution < 1.29 is 19.4 Å². The minimum atomic E-state index is -0.791. The number of hydrogen-bond donors (Lipinski definition) is 2. The van der Waals surface area contributed by atoms with Gasteiger partial charge in [-0.05, 0) is 43.7 Å². The zero-order valence-electron chi connectivity index (χ0n) is 18.1. The van der Waals surface area contributed by atoms with Gasteiger partial charge < -0.3 is 19.9 Å². The Kier molecular flexibility index (Phi) is 5.86. The average molecular weight is 442 g/mol. The van der Waals surface area contributed by atoms with Gasteiger partial charge in [0.15, 0.2) is 0 Å². The van der Waals surface area contributed by atoms with Crippen LogP contribution in [0.1, 0.15) is 36.8 Å². The molecule has 31 heavy (non-hydrogen) atoms. The Labute approximate surface area is 188 Å². The van der Waals surface area contributed by atoms with Crippen molar-refractivity contribution in [3.63, 3.8) is 0 Å². The van der Waals surface area contributed by atoms with Crippen LogP contribution in [0.2, 0.25) is 5.02 Å². The van der Waals surface area contributed by atoms with Crippen LogP contribution in [0.15, 0.2) is 48.2 Å². The van der Waals surface area contributed by atoms with E-state index in [1.165, 1.54) is 0 Å². The van der Waals surface area contributed by atoms with Crippen LogP contribution in [-0.2, 0) is 14.3 Å². The van der Waals surface area contributed by atoms with Crippen molar-refractivity contribution in [1.82, 2.24) is 5.32 Å². The number of amides is 1. The summed E-state index contributed by atoms with van der Waals surface area (Å²) in [6.45, 7) is 2.39. The van der Waals surface area contributed by atoms with Crippen molar-refractivity contribution in [2.45, 2.75) is 43.7 Å². The fourth-order valence-electron chi connectivity index (χ4n) is 4.90. The van der Waals surface area contributed by atoms with Crippen LogP contribution in [0.3, 0.4) is 0 Å². The number of aliphatic hydroxyl groups excluding tert-OH is 1. The van der Waals surface area contributed by atoms with Gasteiger partial charge in [0.2, 0.25) is 0 Å². The molecule has 2 aromatic rings. The average Bonchev–Trinajstić information content (AvgIpc) is 3.01. The molecule has 1 heterocycles. The maximum atomic E-state index is 13.1. The summed E-state index contributed by atoms with van der Waals surface area (Å²) in [6, 6.07) is 13.7. The molecule has 2 aliphatic rings. The second kappa shape index (κ2) is 8.30.